The largest absolute Gasteiger partial charge is 0.319 e. The van der Waals surface area contributed by atoms with Crippen LogP contribution in [-0.4, -0.2) is 9.73 Å². The number of nitrogens with zero attached hydrogens (tertiary/aromatic N) is 1. The molecule has 0 atom stereocenters. The molecule has 1 rings (SSSR count). The summed E-state index contributed by atoms with van der Waals surface area (Å²) in [4.78, 5) is 10.5. The van der Waals surface area contributed by atoms with Crippen molar-refractivity contribution in [2.45, 2.75) is 6.92 Å². The van der Waals surface area contributed by atoms with E-state index in [2.05, 4.69) is 23.6 Å². The van der Waals surface area contributed by atoms with Crippen molar-refractivity contribution in [1.29, 1.82) is 0 Å². The Hall–Kier alpha value is -0.330. The van der Waals surface area contributed by atoms with Gasteiger partial charge in [0.2, 0.25) is 5.91 Å². The van der Waals surface area contributed by atoms with E-state index in [1.807, 2.05) is 0 Å². The first kappa shape index (κ1) is 7.77. The van der Waals surface area contributed by atoms with Crippen LogP contribution in [0.15, 0.2) is 11.2 Å². The summed E-state index contributed by atoms with van der Waals surface area (Å²) >= 11 is 5.27. The third kappa shape index (κ3) is 2.13. The summed E-state index contributed by atoms with van der Waals surface area (Å²) in [5.41, 5.74) is 2.76. The van der Waals surface area contributed by atoms with Crippen LogP contribution in [0.5, 0.6) is 0 Å². The van der Waals surface area contributed by atoms with E-state index < -0.39 is 0 Å². The second-order valence-electron chi connectivity index (χ2n) is 1.68. The Morgan fingerprint density at radius 2 is 2.70 bits per heavy atom. The Morgan fingerprint density at radius 3 is 3.10 bits per heavy atom. The lowest BCUT2D eigenvalue weighted by molar-refractivity contribution is -0.118. The Kier molecular flexibility index (Phi) is 2.47. The third-order valence-corrected chi connectivity index (χ3v) is 1.85. The Labute approximate surface area is 68.7 Å². The zero-order chi connectivity index (χ0) is 7.56. The molecule has 0 aromatic rings. The number of carbonyl (C=O) groups is 1. The fourth-order valence-electron chi connectivity index (χ4n) is 0.492. The lowest BCUT2D eigenvalue weighted by Crippen LogP contribution is -2.16. The zero-order valence-electron chi connectivity index (χ0n) is 5.29. The van der Waals surface area contributed by atoms with Crippen LogP contribution in [0.1, 0.15) is 6.92 Å². The van der Waals surface area contributed by atoms with E-state index in [1.54, 1.807) is 6.20 Å². The first-order valence-electron chi connectivity index (χ1n) is 2.59. The SMILES string of the molecule is CC(=O)NC1=CNN(S)S1. The minimum Gasteiger partial charge on any atom is -0.319 e. The van der Waals surface area contributed by atoms with Crippen LogP contribution in [0, 0.1) is 0 Å². The monoisotopic (exact) mass is 177 g/mol. The molecule has 1 heterocycles. The Bertz CT molecular complexity index is 181. The summed E-state index contributed by atoms with van der Waals surface area (Å²) in [6.07, 6.45) is 1.67. The number of carbonyl (C=O) groups excluding carboxylic acids is 1. The van der Waals surface area contributed by atoms with Gasteiger partial charge in [0.15, 0.2) is 0 Å². The maximum atomic E-state index is 10.5. The standard InChI is InChI=1S/C4H7N3OS2/c1-3(8)6-4-2-5-7(9)10-4/h2,5,9H,1H3,(H,6,8). The molecule has 0 aromatic carbocycles. The summed E-state index contributed by atoms with van der Waals surface area (Å²) in [5, 5.41) is 3.36. The minimum atomic E-state index is -0.0795. The molecule has 6 heteroatoms. The average molecular weight is 177 g/mol. The molecule has 1 aliphatic heterocycles. The van der Waals surface area contributed by atoms with Crippen molar-refractivity contribution in [1.82, 2.24) is 14.6 Å². The van der Waals surface area contributed by atoms with Crippen LogP contribution >= 0.6 is 24.8 Å². The molecule has 0 fully saturated rings. The van der Waals surface area contributed by atoms with Crippen molar-refractivity contribution < 1.29 is 4.79 Å². The molecule has 0 saturated carbocycles. The number of rotatable bonds is 1. The topological polar surface area (TPSA) is 44.4 Å². The lowest BCUT2D eigenvalue weighted by Gasteiger charge is -2.03. The molecule has 1 aliphatic rings. The van der Waals surface area contributed by atoms with Gasteiger partial charge in [0.1, 0.15) is 5.03 Å². The molecule has 0 radical (unpaired) electrons. The Morgan fingerprint density at radius 1 is 2.00 bits per heavy atom. The fraction of sp³-hybridized carbons (Fsp3) is 0.250. The van der Waals surface area contributed by atoms with Crippen LogP contribution in [0.3, 0.4) is 0 Å². The van der Waals surface area contributed by atoms with Crippen molar-refractivity contribution >= 4 is 30.7 Å². The number of thiol groups is 1. The summed E-state index contributed by atoms with van der Waals surface area (Å²) in [6, 6.07) is 0. The molecule has 2 N–H and O–H groups in total. The van der Waals surface area contributed by atoms with E-state index in [9.17, 15) is 4.79 Å². The van der Waals surface area contributed by atoms with Crippen LogP contribution < -0.4 is 10.7 Å². The molecule has 10 heavy (non-hydrogen) atoms. The van der Waals surface area contributed by atoms with Crippen LogP contribution in [0.4, 0.5) is 0 Å². The summed E-state index contributed by atoms with van der Waals surface area (Å²) < 4.78 is 1.49. The third-order valence-electron chi connectivity index (χ3n) is 0.790. The fourth-order valence-corrected chi connectivity index (χ4v) is 1.40. The number of hydrogen-bond donors (Lipinski definition) is 3. The van der Waals surface area contributed by atoms with E-state index in [4.69, 9.17) is 0 Å². The van der Waals surface area contributed by atoms with E-state index >= 15 is 0 Å². The predicted octanol–water partition coefficient (Wildman–Crippen LogP) is 0.235. The van der Waals surface area contributed by atoms with Crippen molar-refractivity contribution in [2.24, 2.45) is 0 Å². The smallest absolute Gasteiger partial charge is 0.221 e. The van der Waals surface area contributed by atoms with Gasteiger partial charge in [-0.1, -0.05) is 12.8 Å². The highest BCUT2D eigenvalue weighted by Gasteiger charge is 2.11. The quantitative estimate of drug-likeness (QED) is 0.396. The summed E-state index contributed by atoms with van der Waals surface area (Å²) in [6.45, 7) is 1.46. The second kappa shape index (κ2) is 3.18. The van der Waals surface area contributed by atoms with E-state index in [0.717, 1.165) is 5.03 Å². The zero-order valence-corrected chi connectivity index (χ0v) is 7.00. The molecule has 0 unspecified atom stereocenters. The first-order valence-corrected chi connectivity index (χ1v) is 3.77. The first-order chi connectivity index (χ1) is 4.68. The predicted molar refractivity (Wildman–Crippen MR) is 43.5 cm³/mol. The average Bonchev–Trinajstić information content (AvgIpc) is 2.13. The second-order valence-corrected chi connectivity index (χ2v) is 3.34. The van der Waals surface area contributed by atoms with Gasteiger partial charge >= 0.3 is 0 Å². The highest BCUT2D eigenvalue weighted by molar-refractivity contribution is 8.08. The number of hydrogen-bond acceptors (Lipinski definition) is 5. The summed E-state index contributed by atoms with van der Waals surface area (Å²) in [7, 11) is 0. The minimum absolute atomic E-state index is 0.0795. The molecule has 4 nitrogen and oxygen atoms in total. The van der Waals surface area contributed by atoms with Gasteiger partial charge in [0.25, 0.3) is 0 Å². The highest BCUT2D eigenvalue weighted by Crippen LogP contribution is 2.22. The number of amides is 1. The molecule has 0 spiro atoms. The number of hydrazine groups is 1. The molecule has 0 saturated heterocycles. The van der Waals surface area contributed by atoms with Gasteiger partial charge in [-0.25, -0.2) is 0 Å². The maximum Gasteiger partial charge on any atom is 0.221 e. The van der Waals surface area contributed by atoms with E-state index in [0.29, 0.717) is 0 Å². The summed E-state index contributed by atoms with van der Waals surface area (Å²) in [5.74, 6) is -0.0795. The van der Waals surface area contributed by atoms with E-state index in [1.165, 1.54) is 22.7 Å². The number of nitrogens with one attached hydrogen (secondary N) is 2. The van der Waals surface area contributed by atoms with Crippen LogP contribution in [0.25, 0.3) is 0 Å². The highest BCUT2D eigenvalue weighted by atomic mass is 32.2. The molecule has 1 amide bonds. The Balaban J connectivity index is 2.37. The van der Waals surface area contributed by atoms with Crippen LogP contribution in [-0.2, 0) is 4.79 Å². The normalized spacial score (nSPS) is 18.0. The van der Waals surface area contributed by atoms with Crippen molar-refractivity contribution in [3.05, 3.63) is 11.2 Å². The van der Waals surface area contributed by atoms with Gasteiger partial charge in [-0.2, -0.15) is 0 Å². The molecule has 56 valence electrons. The molecule has 0 bridgehead atoms. The van der Waals surface area contributed by atoms with Gasteiger partial charge in [0, 0.05) is 25.1 Å². The molecular formula is C4H7N3OS2. The van der Waals surface area contributed by atoms with Crippen molar-refractivity contribution in [3.63, 3.8) is 0 Å². The van der Waals surface area contributed by atoms with Gasteiger partial charge in [0.05, 0.1) is 0 Å². The van der Waals surface area contributed by atoms with Crippen molar-refractivity contribution in [3.8, 4) is 0 Å². The van der Waals surface area contributed by atoms with E-state index in [-0.39, 0.29) is 5.91 Å². The van der Waals surface area contributed by atoms with Crippen LogP contribution in [0.2, 0.25) is 0 Å². The van der Waals surface area contributed by atoms with Gasteiger partial charge in [-0.15, -0.1) is 3.82 Å². The van der Waals surface area contributed by atoms with Crippen molar-refractivity contribution in [2.75, 3.05) is 0 Å². The van der Waals surface area contributed by atoms with Gasteiger partial charge in [-0.3, -0.25) is 4.79 Å². The van der Waals surface area contributed by atoms with Gasteiger partial charge < -0.3 is 10.7 Å². The molecule has 0 aromatic heterocycles. The lowest BCUT2D eigenvalue weighted by atomic mass is 10.7. The van der Waals surface area contributed by atoms with Gasteiger partial charge in [-0.05, 0) is 0 Å². The molecule has 0 aliphatic carbocycles. The molecular weight excluding hydrogens is 170 g/mol. The maximum absolute atomic E-state index is 10.5.